The van der Waals surface area contributed by atoms with E-state index in [-0.39, 0.29) is 24.5 Å². The standard InChI is InChI=1S/C15H16N4O7S/c1-4-26-14(21)10(17-23)9-6-5-8(27-9)7-19-12(15(22)25-3)11(16-18-19)13(20)24-2/h5-6,10H,4,7H2,1-3H3. The van der Waals surface area contributed by atoms with Gasteiger partial charge in [-0.15, -0.1) is 21.3 Å². The van der Waals surface area contributed by atoms with Gasteiger partial charge >= 0.3 is 17.9 Å². The van der Waals surface area contributed by atoms with Crippen molar-refractivity contribution in [2.24, 2.45) is 5.18 Å². The topological polar surface area (TPSA) is 139 Å². The molecule has 2 aromatic rings. The average molecular weight is 396 g/mol. The molecule has 0 bridgehead atoms. The Labute approximate surface area is 157 Å². The SMILES string of the molecule is CCOC(=O)C(N=O)c1ccc(Cn2nnc(C(=O)OC)c2C(=O)OC)s1. The number of nitrogens with zero attached hydrogens (tertiary/aromatic N) is 4. The molecule has 1 atom stereocenters. The molecule has 11 nitrogen and oxygen atoms in total. The molecule has 2 rings (SSSR count). The Kier molecular flexibility index (Phi) is 6.71. The summed E-state index contributed by atoms with van der Waals surface area (Å²) in [5.74, 6) is -2.39. The van der Waals surface area contributed by atoms with Gasteiger partial charge in [0.1, 0.15) is 0 Å². The van der Waals surface area contributed by atoms with E-state index in [0.29, 0.717) is 9.75 Å². The van der Waals surface area contributed by atoms with Crippen LogP contribution in [0.4, 0.5) is 0 Å². The molecule has 0 aromatic carbocycles. The van der Waals surface area contributed by atoms with E-state index in [1.165, 1.54) is 4.68 Å². The monoisotopic (exact) mass is 396 g/mol. The molecular weight excluding hydrogens is 380 g/mol. The minimum Gasteiger partial charge on any atom is -0.464 e. The minimum absolute atomic E-state index is 0.0491. The molecule has 0 amide bonds. The second-order valence-electron chi connectivity index (χ2n) is 4.99. The maximum atomic E-state index is 12.0. The normalized spacial score (nSPS) is 11.5. The molecule has 0 fully saturated rings. The molecular formula is C15H16N4O7S. The summed E-state index contributed by atoms with van der Waals surface area (Å²) in [6.07, 6.45) is 0. The fourth-order valence-electron chi connectivity index (χ4n) is 2.16. The zero-order valence-electron chi connectivity index (χ0n) is 14.7. The van der Waals surface area contributed by atoms with E-state index in [2.05, 4.69) is 25.0 Å². The molecule has 144 valence electrons. The Bertz CT molecular complexity index is 860. The number of carbonyl (C=O) groups excluding carboxylic acids is 3. The number of hydrogen-bond acceptors (Lipinski definition) is 11. The molecule has 0 N–H and O–H groups in total. The van der Waals surface area contributed by atoms with Gasteiger partial charge in [-0.25, -0.2) is 19.1 Å². The quantitative estimate of drug-likeness (QED) is 0.367. The van der Waals surface area contributed by atoms with Crippen molar-refractivity contribution in [2.45, 2.75) is 19.5 Å². The van der Waals surface area contributed by atoms with Crippen molar-refractivity contribution < 1.29 is 28.6 Å². The lowest BCUT2D eigenvalue weighted by molar-refractivity contribution is -0.144. The Morgan fingerprint density at radius 2 is 1.93 bits per heavy atom. The highest BCUT2D eigenvalue weighted by molar-refractivity contribution is 7.12. The lowest BCUT2D eigenvalue weighted by Gasteiger charge is -2.06. The molecule has 2 heterocycles. The third-order valence-electron chi connectivity index (χ3n) is 3.37. The van der Waals surface area contributed by atoms with Crippen molar-refractivity contribution in [1.82, 2.24) is 15.0 Å². The van der Waals surface area contributed by atoms with Crippen LogP contribution in [0.15, 0.2) is 17.3 Å². The molecule has 0 aliphatic heterocycles. The second kappa shape index (κ2) is 8.98. The molecule has 0 spiro atoms. The summed E-state index contributed by atoms with van der Waals surface area (Å²) in [5.41, 5.74) is -0.449. The van der Waals surface area contributed by atoms with Gasteiger partial charge < -0.3 is 14.2 Å². The van der Waals surface area contributed by atoms with Crippen LogP contribution in [-0.4, -0.2) is 53.7 Å². The molecule has 0 aliphatic rings. The van der Waals surface area contributed by atoms with E-state index in [4.69, 9.17) is 4.74 Å². The van der Waals surface area contributed by atoms with Crippen LogP contribution >= 0.6 is 11.3 Å². The van der Waals surface area contributed by atoms with Gasteiger partial charge in [-0.05, 0) is 24.2 Å². The molecule has 0 saturated carbocycles. The summed E-state index contributed by atoms with van der Waals surface area (Å²) in [6.45, 7) is 1.80. The van der Waals surface area contributed by atoms with Crippen molar-refractivity contribution >= 4 is 29.2 Å². The fourth-order valence-corrected chi connectivity index (χ4v) is 3.18. The van der Waals surface area contributed by atoms with Crippen LogP contribution in [0.1, 0.15) is 43.7 Å². The first kappa shape index (κ1) is 20.2. The first-order valence-electron chi connectivity index (χ1n) is 7.64. The Morgan fingerprint density at radius 3 is 2.52 bits per heavy atom. The summed E-state index contributed by atoms with van der Waals surface area (Å²) >= 11 is 1.11. The highest BCUT2D eigenvalue weighted by Crippen LogP contribution is 2.28. The van der Waals surface area contributed by atoms with E-state index < -0.39 is 23.9 Å². The summed E-state index contributed by atoms with van der Waals surface area (Å²) < 4.78 is 15.2. The van der Waals surface area contributed by atoms with Crippen LogP contribution in [0.3, 0.4) is 0 Å². The maximum absolute atomic E-state index is 12.0. The Morgan fingerprint density at radius 1 is 1.22 bits per heavy atom. The number of methoxy groups -OCH3 is 2. The van der Waals surface area contributed by atoms with Crippen LogP contribution in [0, 0.1) is 4.91 Å². The number of esters is 3. The van der Waals surface area contributed by atoms with Crippen LogP contribution in [-0.2, 0) is 25.5 Å². The lowest BCUT2D eigenvalue weighted by Crippen LogP contribution is -2.16. The van der Waals surface area contributed by atoms with Crippen molar-refractivity contribution in [3.8, 4) is 0 Å². The highest BCUT2D eigenvalue weighted by Gasteiger charge is 2.28. The van der Waals surface area contributed by atoms with Gasteiger partial charge in [0, 0.05) is 9.75 Å². The highest BCUT2D eigenvalue weighted by atomic mass is 32.1. The maximum Gasteiger partial charge on any atom is 0.361 e. The molecule has 0 radical (unpaired) electrons. The van der Waals surface area contributed by atoms with Gasteiger partial charge in [0.25, 0.3) is 0 Å². The summed E-state index contributed by atoms with van der Waals surface area (Å²) in [7, 11) is 2.31. The number of thiophene rings is 1. The third kappa shape index (κ3) is 4.34. The number of ether oxygens (including phenoxy) is 3. The molecule has 27 heavy (non-hydrogen) atoms. The molecule has 0 aliphatic carbocycles. The van der Waals surface area contributed by atoms with E-state index in [1.54, 1.807) is 19.1 Å². The number of nitroso groups, excluding NO2 is 1. The summed E-state index contributed by atoms with van der Waals surface area (Å²) in [5, 5.41) is 10.3. The van der Waals surface area contributed by atoms with Gasteiger partial charge in [0.15, 0.2) is 5.69 Å². The summed E-state index contributed by atoms with van der Waals surface area (Å²) in [6, 6.07) is 1.92. The molecule has 1 unspecified atom stereocenters. The second-order valence-corrected chi connectivity index (χ2v) is 6.19. The van der Waals surface area contributed by atoms with E-state index >= 15 is 0 Å². The van der Waals surface area contributed by atoms with Gasteiger partial charge in [-0.3, -0.25) is 0 Å². The van der Waals surface area contributed by atoms with Crippen molar-refractivity contribution in [3.63, 3.8) is 0 Å². The third-order valence-corrected chi connectivity index (χ3v) is 4.49. The van der Waals surface area contributed by atoms with Crippen LogP contribution in [0.5, 0.6) is 0 Å². The van der Waals surface area contributed by atoms with E-state index in [1.807, 2.05) is 0 Å². The first-order valence-corrected chi connectivity index (χ1v) is 8.46. The van der Waals surface area contributed by atoms with Crippen molar-refractivity contribution in [1.29, 1.82) is 0 Å². The van der Waals surface area contributed by atoms with Crippen LogP contribution in [0.25, 0.3) is 0 Å². The van der Waals surface area contributed by atoms with Crippen molar-refractivity contribution in [3.05, 3.63) is 38.2 Å². The average Bonchev–Trinajstić information content (AvgIpc) is 3.29. The largest absolute Gasteiger partial charge is 0.464 e. The fraction of sp³-hybridized carbons (Fsp3) is 0.400. The lowest BCUT2D eigenvalue weighted by atomic mass is 10.2. The zero-order valence-corrected chi connectivity index (χ0v) is 15.5. The van der Waals surface area contributed by atoms with E-state index in [9.17, 15) is 19.3 Å². The minimum atomic E-state index is -1.27. The number of aromatic nitrogens is 3. The van der Waals surface area contributed by atoms with E-state index in [0.717, 1.165) is 25.6 Å². The number of hydrogen-bond donors (Lipinski definition) is 0. The molecule has 2 aromatic heterocycles. The zero-order chi connectivity index (χ0) is 20.0. The van der Waals surface area contributed by atoms with Crippen LogP contribution in [0.2, 0.25) is 0 Å². The molecule has 12 heteroatoms. The van der Waals surface area contributed by atoms with Gasteiger partial charge in [0.05, 0.1) is 27.4 Å². The van der Waals surface area contributed by atoms with Gasteiger partial charge in [-0.2, -0.15) is 0 Å². The smallest absolute Gasteiger partial charge is 0.361 e. The molecule has 0 saturated heterocycles. The van der Waals surface area contributed by atoms with Gasteiger partial charge in [0.2, 0.25) is 11.7 Å². The number of rotatable bonds is 8. The Balaban J connectivity index is 2.30. The van der Waals surface area contributed by atoms with Crippen LogP contribution < -0.4 is 0 Å². The first-order chi connectivity index (χ1) is 13.0. The predicted octanol–water partition coefficient (Wildman–Crippen LogP) is 1.33. The number of carbonyl (C=O) groups is 3. The van der Waals surface area contributed by atoms with Crippen molar-refractivity contribution in [2.75, 3.05) is 20.8 Å². The predicted molar refractivity (Wildman–Crippen MR) is 91.3 cm³/mol. The van der Waals surface area contributed by atoms with Gasteiger partial charge in [-0.1, -0.05) is 5.21 Å². The summed E-state index contributed by atoms with van der Waals surface area (Å²) in [4.78, 5) is 47.6. The Hall–Kier alpha value is -3.15.